The van der Waals surface area contributed by atoms with E-state index in [0.29, 0.717) is 6.04 Å². The first-order chi connectivity index (χ1) is 10.6. The van der Waals surface area contributed by atoms with Crippen molar-refractivity contribution in [1.82, 2.24) is 10.2 Å². The molecule has 0 aromatic heterocycles. The van der Waals surface area contributed by atoms with Gasteiger partial charge in [-0.25, -0.2) is 0 Å². The van der Waals surface area contributed by atoms with Crippen LogP contribution in [0.3, 0.4) is 0 Å². The van der Waals surface area contributed by atoms with Gasteiger partial charge in [-0.1, -0.05) is 31.0 Å². The summed E-state index contributed by atoms with van der Waals surface area (Å²) in [4.78, 5) is 2.42. The van der Waals surface area contributed by atoms with Gasteiger partial charge >= 0.3 is 0 Å². The minimum absolute atomic E-state index is 0.0403. The molecule has 2 aliphatic rings. The van der Waals surface area contributed by atoms with Crippen molar-refractivity contribution in [2.45, 2.75) is 57.6 Å². The Morgan fingerprint density at radius 1 is 1.32 bits per heavy atom. The summed E-state index contributed by atoms with van der Waals surface area (Å²) in [6.45, 7) is 7.81. The second-order valence-corrected chi connectivity index (χ2v) is 7.19. The predicted molar refractivity (Wildman–Crippen MR) is 91.5 cm³/mol. The fourth-order valence-electron chi connectivity index (χ4n) is 3.76. The molecule has 0 radical (unpaired) electrons. The first kappa shape index (κ1) is 15.8. The molecule has 1 unspecified atom stereocenters. The van der Waals surface area contributed by atoms with Crippen molar-refractivity contribution in [2.24, 2.45) is 0 Å². The van der Waals surface area contributed by atoms with Crippen LogP contribution in [-0.4, -0.2) is 37.2 Å². The molecular formula is C19H30N2O. The maximum absolute atomic E-state index is 6.53. The zero-order valence-electron chi connectivity index (χ0n) is 14.3. The number of aryl methyl sites for hydroxylation is 1. The number of hydrogen-bond donors (Lipinski definition) is 1. The minimum Gasteiger partial charge on any atom is -0.487 e. The van der Waals surface area contributed by atoms with E-state index in [1.165, 1.54) is 24.0 Å². The Morgan fingerprint density at radius 3 is 2.82 bits per heavy atom. The van der Waals surface area contributed by atoms with Crippen molar-refractivity contribution in [3.8, 4) is 5.75 Å². The Kier molecular flexibility index (Phi) is 4.74. The molecule has 1 atom stereocenters. The van der Waals surface area contributed by atoms with Gasteiger partial charge in [-0.2, -0.15) is 0 Å². The van der Waals surface area contributed by atoms with E-state index >= 15 is 0 Å². The van der Waals surface area contributed by atoms with E-state index in [0.717, 1.165) is 44.6 Å². The molecule has 1 N–H and O–H groups in total. The average Bonchev–Trinajstić information content (AvgIpc) is 2.51. The van der Waals surface area contributed by atoms with Gasteiger partial charge in [0.1, 0.15) is 11.4 Å². The number of rotatable bonds is 4. The van der Waals surface area contributed by atoms with Crippen molar-refractivity contribution in [3.05, 3.63) is 29.3 Å². The Balaban J connectivity index is 1.83. The zero-order chi connectivity index (χ0) is 15.6. The van der Waals surface area contributed by atoms with Gasteiger partial charge in [-0.3, -0.25) is 0 Å². The molecule has 2 aliphatic heterocycles. The quantitative estimate of drug-likeness (QED) is 0.859. The van der Waals surface area contributed by atoms with Crippen LogP contribution in [0.15, 0.2) is 18.2 Å². The molecule has 3 rings (SSSR count). The highest BCUT2D eigenvalue weighted by Crippen LogP contribution is 2.44. The van der Waals surface area contributed by atoms with Crippen molar-refractivity contribution >= 4 is 0 Å². The van der Waals surface area contributed by atoms with E-state index in [1.54, 1.807) is 0 Å². The van der Waals surface area contributed by atoms with Gasteiger partial charge in [0.2, 0.25) is 0 Å². The lowest BCUT2D eigenvalue weighted by molar-refractivity contribution is -0.0202. The second-order valence-electron chi connectivity index (χ2n) is 7.19. The molecule has 122 valence electrons. The molecule has 0 aliphatic carbocycles. The van der Waals surface area contributed by atoms with Gasteiger partial charge in [0.15, 0.2) is 0 Å². The van der Waals surface area contributed by atoms with Crippen LogP contribution < -0.4 is 10.1 Å². The highest BCUT2D eigenvalue weighted by atomic mass is 16.5. The minimum atomic E-state index is 0.0403. The molecule has 0 bridgehead atoms. The molecule has 2 heterocycles. The van der Waals surface area contributed by atoms with Crippen LogP contribution in [0.25, 0.3) is 0 Å². The highest BCUT2D eigenvalue weighted by molar-refractivity contribution is 5.41. The van der Waals surface area contributed by atoms with Crippen molar-refractivity contribution in [2.75, 3.05) is 26.7 Å². The smallest absolute Gasteiger partial charge is 0.124 e. The number of unbranched alkanes of at least 4 members (excludes halogenated alkanes) is 1. The molecule has 22 heavy (non-hydrogen) atoms. The summed E-state index contributed by atoms with van der Waals surface area (Å²) in [5.74, 6) is 1.11. The normalized spacial score (nSPS) is 24.0. The Labute approximate surface area is 135 Å². The summed E-state index contributed by atoms with van der Waals surface area (Å²) in [6, 6.07) is 7.10. The topological polar surface area (TPSA) is 24.5 Å². The number of nitrogens with one attached hydrogen (secondary N) is 1. The molecule has 1 saturated heterocycles. The van der Waals surface area contributed by atoms with Gasteiger partial charge in [0.25, 0.3) is 0 Å². The van der Waals surface area contributed by atoms with Crippen LogP contribution >= 0.6 is 0 Å². The Bertz CT molecular complexity index is 506. The summed E-state index contributed by atoms with van der Waals surface area (Å²) in [5, 5.41) is 3.80. The van der Waals surface area contributed by atoms with Gasteiger partial charge in [0, 0.05) is 31.1 Å². The number of likely N-dealkylation sites (tertiary alicyclic amines) is 1. The van der Waals surface area contributed by atoms with E-state index in [1.807, 2.05) is 0 Å². The molecule has 0 amide bonds. The average molecular weight is 302 g/mol. The molecule has 1 spiro atoms. The summed E-state index contributed by atoms with van der Waals surface area (Å²) in [5.41, 5.74) is 2.73. The number of benzene rings is 1. The number of piperidine rings is 1. The third kappa shape index (κ3) is 3.31. The predicted octanol–water partition coefficient (Wildman–Crippen LogP) is 3.67. The number of hydrogen-bond acceptors (Lipinski definition) is 3. The third-order valence-corrected chi connectivity index (χ3v) is 5.26. The third-order valence-electron chi connectivity index (χ3n) is 5.26. The van der Waals surface area contributed by atoms with Gasteiger partial charge in [-0.05, 0) is 45.8 Å². The van der Waals surface area contributed by atoms with Gasteiger partial charge in [0.05, 0.1) is 0 Å². The molecule has 3 nitrogen and oxygen atoms in total. The maximum Gasteiger partial charge on any atom is 0.124 e. The molecule has 1 aromatic rings. The van der Waals surface area contributed by atoms with Crippen LogP contribution in [0.2, 0.25) is 0 Å². The van der Waals surface area contributed by atoms with Crippen LogP contribution in [0.1, 0.15) is 56.2 Å². The van der Waals surface area contributed by atoms with E-state index in [4.69, 9.17) is 4.74 Å². The lowest BCUT2D eigenvalue weighted by Crippen LogP contribution is -2.51. The monoisotopic (exact) mass is 302 g/mol. The van der Waals surface area contributed by atoms with Crippen LogP contribution in [0.5, 0.6) is 5.75 Å². The van der Waals surface area contributed by atoms with E-state index in [9.17, 15) is 0 Å². The van der Waals surface area contributed by atoms with Crippen molar-refractivity contribution in [3.63, 3.8) is 0 Å². The highest BCUT2D eigenvalue weighted by Gasteiger charge is 2.42. The number of ether oxygens (including phenoxy) is 1. The molecule has 3 heteroatoms. The molecule has 1 aromatic carbocycles. The first-order valence-electron chi connectivity index (χ1n) is 8.83. The van der Waals surface area contributed by atoms with Crippen LogP contribution in [0, 0.1) is 6.92 Å². The summed E-state index contributed by atoms with van der Waals surface area (Å²) in [6.07, 6.45) is 5.88. The Hall–Kier alpha value is -1.06. The van der Waals surface area contributed by atoms with Gasteiger partial charge in [-0.15, -0.1) is 0 Å². The first-order valence-corrected chi connectivity index (χ1v) is 8.83. The number of nitrogens with zero attached hydrogens (tertiary/aromatic N) is 1. The summed E-state index contributed by atoms with van der Waals surface area (Å²) < 4.78 is 6.53. The fourth-order valence-corrected chi connectivity index (χ4v) is 3.76. The summed E-state index contributed by atoms with van der Waals surface area (Å²) >= 11 is 0. The van der Waals surface area contributed by atoms with Crippen LogP contribution in [0.4, 0.5) is 0 Å². The van der Waals surface area contributed by atoms with E-state index in [2.05, 4.69) is 49.3 Å². The lowest BCUT2D eigenvalue weighted by Gasteiger charge is -2.46. The van der Waals surface area contributed by atoms with Crippen molar-refractivity contribution in [1.29, 1.82) is 0 Å². The summed E-state index contributed by atoms with van der Waals surface area (Å²) in [7, 11) is 2.21. The van der Waals surface area contributed by atoms with Gasteiger partial charge < -0.3 is 15.0 Å². The lowest BCUT2D eigenvalue weighted by atomic mass is 9.80. The van der Waals surface area contributed by atoms with E-state index < -0.39 is 0 Å². The van der Waals surface area contributed by atoms with E-state index in [-0.39, 0.29) is 5.60 Å². The maximum atomic E-state index is 6.53. The van der Waals surface area contributed by atoms with Crippen molar-refractivity contribution < 1.29 is 4.74 Å². The standard InChI is InChI=1S/C19H30N2O/c1-4-5-10-20-17-14-19(8-11-21(3)12-9-19)22-18-7-6-15(2)13-16(17)18/h6-7,13,17,20H,4-5,8-12,14H2,1-3H3. The fraction of sp³-hybridized carbons (Fsp3) is 0.684. The molecule has 0 saturated carbocycles. The second kappa shape index (κ2) is 6.59. The zero-order valence-corrected chi connectivity index (χ0v) is 14.3. The Morgan fingerprint density at radius 2 is 2.09 bits per heavy atom. The molecule has 1 fully saturated rings. The molecular weight excluding hydrogens is 272 g/mol. The largest absolute Gasteiger partial charge is 0.487 e. The number of fused-ring (bicyclic) bond motifs is 1. The van der Waals surface area contributed by atoms with Crippen LogP contribution in [-0.2, 0) is 0 Å². The SMILES string of the molecule is CCCCNC1CC2(CCN(C)CC2)Oc2ccc(C)cc21.